The van der Waals surface area contributed by atoms with E-state index in [1.807, 2.05) is 11.3 Å². The van der Waals surface area contributed by atoms with Gasteiger partial charge in [-0.1, -0.05) is 106 Å². The maximum absolute atomic E-state index is 6.42. The summed E-state index contributed by atoms with van der Waals surface area (Å²) in [5, 5.41) is 1.32. The normalized spacial score (nSPS) is 14.9. The Morgan fingerprint density at radius 2 is 1.05 bits per heavy atom. The molecule has 304 valence electrons. The predicted molar refractivity (Wildman–Crippen MR) is 256 cm³/mol. The van der Waals surface area contributed by atoms with Crippen molar-refractivity contribution in [3.05, 3.63) is 111 Å². The molecule has 0 amide bonds. The van der Waals surface area contributed by atoms with Gasteiger partial charge in [-0.3, -0.25) is 0 Å². The van der Waals surface area contributed by atoms with Crippen LogP contribution in [0.5, 0.6) is 11.5 Å². The van der Waals surface area contributed by atoms with Gasteiger partial charge in [0.1, 0.15) is 13.2 Å². The van der Waals surface area contributed by atoms with E-state index < -0.39 is 0 Å². The molecule has 5 aromatic carbocycles. The Morgan fingerprint density at radius 3 is 1.56 bits per heavy atom. The minimum Gasteiger partial charge on any atom is -0.486 e. The first kappa shape index (κ1) is 39.8. The van der Waals surface area contributed by atoms with Crippen molar-refractivity contribution in [2.45, 2.75) is 126 Å². The molecular weight excluding hydrogens is 739 g/mol. The van der Waals surface area contributed by atoms with E-state index in [4.69, 9.17) is 9.47 Å². The van der Waals surface area contributed by atoms with Crippen LogP contribution in [0.25, 0.3) is 10.1 Å². The van der Waals surface area contributed by atoms with Crippen molar-refractivity contribution in [3.8, 4) is 11.5 Å². The molecule has 0 bridgehead atoms. The van der Waals surface area contributed by atoms with Crippen molar-refractivity contribution in [1.82, 2.24) is 0 Å². The molecule has 6 aromatic rings. The standard InChI is InChI=1S/C53H61BN2O2S/c1-29(2)34-24-41-46-42(25-34)56(48-32(5)22-37(23-33(48)6)53(13,14)15)49-38-26-35(51(7,8)9)16-17-45(38)59-50(49)54(46)39-27-43-44(58-19-18-57-43)28-40(39)55(41)47-30(3)20-36(21-31(47)4)52(10,11)12/h16-17,20-29H,18-19H2,1-15H3. The molecule has 3 aliphatic rings. The van der Waals surface area contributed by atoms with E-state index in [0.717, 1.165) is 11.5 Å². The third-order valence-electron chi connectivity index (χ3n) is 13.0. The van der Waals surface area contributed by atoms with Crippen LogP contribution in [0.3, 0.4) is 0 Å². The maximum Gasteiger partial charge on any atom is 0.264 e. The van der Waals surface area contributed by atoms with Crippen LogP contribution in [-0.4, -0.2) is 19.9 Å². The smallest absolute Gasteiger partial charge is 0.264 e. The van der Waals surface area contributed by atoms with Gasteiger partial charge in [-0.25, -0.2) is 0 Å². The van der Waals surface area contributed by atoms with Gasteiger partial charge in [-0.05, 0) is 136 Å². The van der Waals surface area contributed by atoms with Gasteiger partial charge in [0.2, 0.25) is 0 Å². The highest BCUT2D eigenvalue weighted by molar-refractivity contribution is 7.33. The zero-order valence-corrected chi connectivity index (χ0v) is 38.9. The number of benzene rings is 5. The molecule has 0 saturated heterocycles. The third kappa shape index (κ3) is 6.30. The number of nitrogens with zero attached hydrogens (tertiary/aromatic N) is 2. The van der Waals surface area contributed by atoms with Crippen LogP contribution in [-0.2, 0) is 16.2 Å². The van der Waals surface area contributed by atoms with Crippen molar-refractivity contribution >= 4 is 78.0 Å². The Kier molecular flexibility index (Phi) is 9.04. The molecule has 0 aliphatic carbocycles. The highest BCUT2D eigenvalue weighted by Crippen LogP contribution is 2.53. The minimum absolute atomic E-state index is 0.00514. The van der Waals surface area contributed by atoms with Gasteiger partial charge < -0.3 is 19.3 Å². The molecule has 0 N–H and O–H groups in total. The number of thiophene rings is 1. The fraction of sp³-hybridized carbons (Fsp3) is 0.396. The molecule has 0 fully saturated rings. The number of ether oxygens (including phenoxy) is 2. The van der Waals surface area contributed by atoms with Crippen molar-refractivity contribution < 1.29 is 9.47 Å². The average molecular weight is 801 g/mol. The van der Waals surface area contributed by atoms with Crippen LogP contribution in [0.2, 0.25) is 0 Å². The maximum atomic E-state index is 6.42. The van der Waals surface area contributed by atoms with Gasteiger partial charge in [0, 0.05) is 38.0 Å². The summed E-state index contributed by atoms with van der Waals surface area (Å²) in [6, 6.07) is 26.6. The second-order valence-electron chi connectivity index (χ2n) is 21.0. The number of hydrogen-bond acceptors (Lipinski definition) is 5. The molecule has 0 unspecified atom stereocenters. The van der Waals surface area contributed by atoms with E-state index >= 15 is 0 Å². The highest BCUT2D eigenvalue weighted by atomic mass is 32.1. The van der Waals surface area contributed by atoms with E-state index in [1.165, 1.54) is 104 Å². The van der Waals surface area contributed by atoms with Crippen LogP contribution in [0.4, 0.5) is 34.1 Å². The van der Waals surface area contributed by atoms with Gasteiger partial charge in [0.15, 0.2) is 11.5 Å². The number of hydrogen-bond donors (Lipinski definition) is 0. The first-order valence-electron chi connectivity index (χ1n) is 21.7. The number of rotatable bonds is 3. The Labute approximate surface area is 357 Å². The molecule has 0 radical (unpaired) electrons. The zero-order valence-electron chi connectivity index (χ0n) is 38.0. The SMILES string of the molecule is Cc1cc(C(C)(C)C)cc(C)c1N1c2cc3c(cc2B2c4sc5ccc(C(C)(C)C)cc5c4N(c4c(C)cc(C(C)(C)C)cc4C)c4cc(C(C)C)cc1c42)OCCO3. The quantitative estimate of drug-likeness (QED) is 0.166. The summed E-state index contributed by atoms with van der Waals surface area (Å²) in [5.41, 5.74) is 20.7. The van der Waals surface area contributed by atoms with Gasteiger partial charge in [-0.15, -0.1) is 11.3 Å². The fourth-order valence-corrected chi connectivity index (χ4v) is 11.1. The third-order valence-corrected chi connectivity index (χ3v) is 14.3. The lowest BCUT2D eigenvalue weighted by Gasteiger charge is -2.45. The first-order chi connectivity index (χ1) is 27.6. The van der Waals surface area contributed by atoms with E-state index in [2.05, 4.69) is 180 Å². The Bertz CT molecular complexity index is 2670. The molecule has 9 rings (SSSR count). The fourth-order valence-electron chi connectivity index (χ4n) is 9.79. The van der Waals surface area contributed by atoms with Crippen LogP contribution in [0, 0.1) is 27.7 Å². The van der Waals surface area contributed by atoms with Crippen molar-refractivity contribution in [3.63, 3.8) is 0 Å². The van der Waals surface area contributed by atoms with E-state index in [-0.39, 0.29) is 23.0 Å². The molecule has 4 nitrogen and oxygen atoms in total. The lowest BCUT2D eigenvalue weighted by Crippen LogP contribution is -2.60. The van der Waals surface area contributed by atoms with Gasteiger partial charge >= 0.3 is 0 Å². The van der Waals surface area contributed by atoms with E-state index in [1.54, 1.807) is 0 Å². The van der Waals surface area contributed by atoms with Gasteiger partial charge in [0.05, 0.1) is 17.1 Å². The van der Waals surface area contributed by atoms with Gasteiger partial charge in [-0.2, -0.15) is 0 Å². The predicted octanol–water partition coefficient (Wildman–Crippen LogP) is 13.0. The van der Waals surface area contributed by atoms with E-state index in [0.29, 0.717) is 19.1 Å². The van der Waals surface area contributed by atoms with Crippen LogP contribution >= 0.6 is 11.3 Å². The van der Waals surface area contributed by atoms with Crippen molar-refractivity contribution in [2.75, 3.05) is 23.0 Å². The first-order valence-corrected chi connectivity index (χ1v) is 22.5. The summed E-state index contributed by atoms with van der Waals surface area (Å²) >= 11 is 1.96. The second kappa shape index (κ2) is 13.4. The Morgan fingerprint density at radius 1 is 0.559 bits per heavy atom. The molecule has 0 spiro atoms. The number of aryl methyl sites for hydroxylation is 4. The minimum atomic E-state index is -0.00560. The van der Waals surface area contributed by atoms with E-state index in [9.17, 15) is 0 Å². The van der Waals surface area contributed by atoms with Crippen LogP contribution < -0.4 is 35.0 Å². The summed E-state index contributed by atoms with van der Waals surface area (Å²) in [4.78, 5) is 5.27. The largest absolute Gasteiger partial charge is 0.486 e. The highest BCUT2D eigenvalue weighted by Gasteiger charge is 2.47. The molecule has 3 aliphatic heterocycles. The summed E-state index contributed by atoms with van der Waals surface area (Å²) in [7, 11) is 0. The summed E-state index contributed by atoms with van der Waals surface area (Å²) in [6.45, 7) is 35.9. The molecule has 0 saturated carbocycles. The lowest BCUT2D eigenvalue weighted by atomic mass is 9.36. The zero-order chi connectivity index (χ0) is 42.2. The lowest BCUT2D eigenvalue weighted by molar-refractivity contribution is 0.172. The summed E-state index contributed by atoms with van der Waals surface area (Å²) in [6.07, 6.45) is 0. The van der Waals surface area contributed by atoms with Crippen LogP contribution in [0.15, 0.2) is 66.7 Å². The summed E-state index contributed by atoms with van der Waals surface area (Å²) < 4.78 is 15.5. The number of fused-ring (bicyclic) bond motifs is 7. The summed E-state index contributed by atoms with van der Waals surface area (Å²) in [5.74, 6) is 1.96. The second-order valence-corrected chi connectivity index (χ2v) is 22.1. The molecule has 6 heteroatoms. The van der Waals surface area contributed by atoms with Crippen molar-refractivity contribution in [1.29, 1.82) is 0 Å². The molecule has 0 atom stereocenters. The number of anilines is 6. The molecular formula is C53H61BN2O2S. The van der Waals surface area contributed by atoms with Gasteiger partial charge in [0.25, 0.3) is 6.71 Å². The monoisotopic (exact) mass is 800 g/mol. The van der Waals surface area contributed by atoms with Crippen LogP contribution in [0.1, 0.15) is 127 Å². The topological polar surface area (TPSA) is 24.9 Å². The Balaban J connectivity index is 1.45. The molecule has 59 heavy (non-hydrogen) atoms. The molecule has 1 aromatic heterocycles. The average Bonchev–Trinajstić information content (AvgIpc) is 3.52. The molecule has 4 heterocycles. The van der Waals surface area contributed by atoms with Crippen molar-refractivity contribution in [2.24, 2.45) is 0 Å². The Hall–Kier alpha value is -4.68.